The number of halogens is 1. The fourth-order valence-electron chi connectivity index (χ4n) is 2.49. The van der Waals surface area contributed by atoms with Gasteiger partial charge >= 0.3 is 6.09 Å². The van der Waals surface area contributed by atoms with Crippen LogP contribution in [0.15, 0.2) is 54.7 Å². The highest BCUT2D eigenvalue weighted by atomic mass is 35.5. The van der Waals surface area contributed by atoms with Crippen LogP contribution in [0.1, 0.15) is 5.56 Å². The molecule has 1 aromatic heterocycles. The van der Waals surface area contributed by atoms with E-state index in [4.69, 9.17) is 25.9 Å². The number of aromatic nitrogens is 2. The Morgan fingerprint density at radius 3 is 2.48 bits per heavy atom. The Bertz CT molecular complexity index is 940. The molecular weight excluding hydrogens is 370 g/mol. The molecule has 140 valence electrons. The second kappa shape index (κ2) is 8.11. The molecule has 3 rings (SSSR count). The molecule has 0 fully saturated rings. The summed E-state index contributed by atoms with van der Waals surface area (Å²) in [5, 5.41) is 6.12. The molecule has 0 aliphatic carbocycles. The zero-order chi connectivity index (χ0) is 19.4. The molecule has 27 heavy (non-hydrogen) atoms. The number of carbonyl (C=O) groups is 1. The predicted octanol–water partition coefficient (Wildman–Crippen LogP) is 4.76. The number of aryl methyl sites for hydroxylation is 1. The van der Waals surface area contributed by atoms with Crippen LogP contribution >= 0.6 is 11.6 Å². The molecule has 0 bridgehead atoms. The molecule has 0 saturated carbocycles. The van der Waals surface area contributed by atoms with Gasteiger partial charge < -0.3 is 9.47 Å². The predicted molar refractivity (Wildman–Crippen MR) is 102 cm³/mol. The Labute approximate surface area is 161 Å². The van der Waals surface area contributed by atoms with Crippen molar-refractivity contribution < 1.29 is 19.1 Å². The van der Waals surface area contributed by atoms with Crippen LogP contribution < -0.4 is 9.80 Å². The first kappa shape index (κ1) is 18.8. The summed E-state index contributed by atoms with van der Waals surface area (Å²) in [6.45, 7) is 1.84. The van der Waals surface area contributed by atoms with Gasteiger partial charge in [0, 0.05) is 17.3 Å². The van der Waals surface area contributed by atoms with E-state index in [0.29, 0.717) is 22.3 Å². The van der Waals surface area contributed by atoms with Crippen molar-refractivity contribution in [2.75, 3.05) is 19.3 Å². The van der Waals surface area contributed by atoms with Gasteiger partial charge in [0.15, 0.2) is 0 Å². The van der Waals surface area contributed by atoms with Crippen molar-refractivity contribution in [2.24, 2.45) is 0 Å². The number of benzene rings is 2. The molecular formula is C19H18ClN3O4. The van der Waals surface area contributed by atoms with Crippen LogP contribution in [0.25, 0.3) is 5.69 Å². The lowest BCUT2D eigenvalue weighted by atomic mass is 10.2. The third kappa shape index (κ3) is 4.21. The number of amides is 1. The van der Waals surface area contributed by atoms with Gasteiger partial charge in [-0.2, -0.15) is 5.06 Å². The molecule has 0 atom stereocenters. The van der Waals surface area contributed by atoms with Crippen LogP contribution in [0.5, 0.6) is 11.6 Å². The van der Waals surface area contributed by atoms with Crippen molar-refractivity contribution in [2.45, 2.75) is 6.92 Å². The molecule has 0 unspecified atom stereocenters. The van der Waals surface area contributed by atoms with Crippen molar-refractivity contribution in [3.8, 4) is 17.3 Å². The van der Waals surface area contributed by atoms with Gasteiger partial charge in [-0.05, 0) is 55.0 Å². The maximum absolute atomic E-state index is 11.8. The average molecular weight is 388 g/mol. The molecule has 8 heteroatoms. The van der Waals surface area contributed by atoms with Gasteiger partial charge in [0.1, 0.15) is 5.75 Å². The molecule has 1 heterocycles. The first-order chi connectivity index (χ1) is 13.0. The summed E-state index contributed by atoms with van der Waals surface area (Å²) in [6.07, 6.45) is 1.18. The Morgan fingerprint density at radius 2 is 1.85 bits per heavy atom. The van der Waals surface area contributed by atoms with E-state index in [-0.39, 0.29) is 0 Å². The normalized spacial score (nSPS) is 10.5. The van der Waals surface area contributed by atoms with Crippen LogP contribution in [-0.2, 0) is 9.57 Å². The molecule has 0 spiro atoms. The topological polar surface area (TPSA) is 65.8 Å². The molecule has 1 amide bonds. The van der Waals surface area contributed by atoms with E-state index in [1.165, 1.54) is 14.2 Å². The third-order valence-electron chi connectivity index (χ3n) is 3.79. The van der Waals surface area contributed by atoms with E-state index in [1.54, 1.807) is 47.3 Å². The Balaban J connectivity index is 1.78. The Hall–Kier alpha value is -3.03. The highest BCUT2D eigenvalue weighted by Crippen LogP contribution is 2.28. The molecule has 7 nitrogen and oxygen atoms in total. The minimum atomic E-state index is -0.615. The van der Waals surface area contributed by atoms with Gasteiger partial charge in [0.25, 0.3) is 0 Å². The summed E-state index contributed by atoms with van der Waals surface area (Å²) in [4.78, 5) is 16.8. The van der Waals surface area contributed by atoms with Crippen LogP contribution in [-0.4, -0.2) is 30.1 Å². The molecule has 0 N–H and O–H groups in total. The number of rotatable bonds is 5. The molecule has 0 aliphatic rings. The lowest BCUT2D eigenvalue weighted by molar-refractivity contribution is 0.115. The van der Waals surface area contributed by atoms with E-state index < -0.39 is 6.09 Å². The van der Waals surface area contributed by atoms with E-state index in [1.807, 2.05) is 19.1 Å². The summed E-state index contributed by atoms with van der Waals surface area (Å²) >= 11 is 5.91. The lowest BCUT2D eigenvalue weighted by Crippen LogP contribution is -2.30. The van der Waals surface area contributed by atoms with Crippen molar-refractivity contribution in [3.05, 3.63) is 65.3 Å². The second-order valence-electron chi connectivity index (χ2n) is 5.57. The number of hydrogen-bond acceptors (Lipinski definition) is 5. The van der Waals surface area contributed by atoms with E-state index in [0.717, 1.165) is 16.3 Å². The number of hydroxylamine groups is 1. The van der Waals surface area contributed by atoms with E-state index in [2.05, 4.69) is 5.10 Å². The van der Waals surface area contributed by atoms with Gasteiger partial charge in [-0.25, -0.2) is 9.48 Å². The number of anilines is 1. The largest absolute Gasteiger partial charge is 0.451 e. The number of methoxy groups -OCH3 is 1. The summed E-state index contributed by atoms with van der Waals surface area (Å²) in [7, 11) is 2.68. The van der Waals surface area contributed by atoms with Gasteiger partial charge in [-0.3, -0.25) is 4.84 Å². The summed E-state index contributed by atoms with van der Waals surface area (Å²) in [5.74, 6) is 1.02. The second-order valence-corrected chi connectivity index (χ2v) is 6.01. The van der Waals surface area contributed by atoms with Crippen LogP contribution in [0.2, 0.25) is 5.02 Å². The zero-order valence-corrected chi connectivity index (χ0v) is 15.8. The van der Waals surface area contributed by atoms with Gasteiger partial charge in [-0.1, -0.05) is 11.6 Å². The minimum Gasteiger partial charge on any atom is -0.451 e. The highest BCUT2D eigenvalue weighted by Gasteiger charge is 2.18. The SMILES string of the molecule is COC(=O)N(OC)c1ccc(Oc2ccn(-c3ccc(Cl)cc3)n2)cc1C. The molecule has 0 aliphatic heterocycles. The average Bonchev–Trinajstić information content (AvgIpc) is 3.12. The summed E-state index contributed by atoms with van der Waals surface area (Å²) in [5.41, 5.74) is 2.20. The third-order valence-corrected chi connectivity index (χ3v) is 4.04. The van der Waals surface area contributed by atoms with E-state index in [9.17, 15) is 4.79 Å². The number of carbonyl (C=O) groups excluding carboxylic acids is 1. The van der Waals surface area contributed by atoms with Crippen LogP contribution in [0.3, 0.4) is 0 Å². The number of nitrogens with zero attached hydrogens (tertiary/aromatic N) is 3. The summed E-state index contributed by atoms with van der Waals surface area (Å²) < 4.78 is 12.2. The van der Waals surface area contributed by atoms with Gasteiger partial charge in [0.05, 0.1) is 25.6 Å². The fourth-order valence-corrected chi connectivity index (χ4v) is 2.62. The molecule has 2 aromatic carbocycles. The smallest absolute Gasteiger partial charge is 0.438 e. The van der Waals surface area contributed by atoms with Crippen LogP contribution in [0, 0.1) is 6.92 Å². The van der Waals surface area contributed by atoms with Crippen molar-refractivity contribution in [1.82, 2.24) is 9.78 Å². The van der Waals surface area contributed by atoms with Crippen LogP contribution in [0.4, 0.5) is 10.5 Å². The quantitative estimate of drug-likeness (QED) is 0.590. The Morgan fingerprint density at radius 1 is 1.11 bits per heavy atom. The maximum atomic E-state index is 11.8. The summed E-state index contributed by atoms with van der Waals surface area (Å²) in [6, 6.07) is 14.3. The molecule has 3 aromatic rings. The fraction of sp³-hybridized carbons (Fsp3) is 0.158. The minimum absolute atomic E-state index is 0.439. The monoisotopic (exact) mass is 387 g/mol. The van der Waals surface area contributed by atoms with Crippen molar-refractivity contribution in [1.29, 1.82) is 0 Å². The first-order valence-corrected chi connectivity index (χ1v) is 8.42. The van der Waals surface area contributed by atoms with Crippen molar-refractivity contribution >= 4 is 23.4 Å². The lowest BCUT2D eigenvalue weighted by Gasteiger charge is -2.20. The van der Waals surface area contributed by atoms with Gasteiger partial charge in [0.2, 0.25) is 5.88 Å². The maximum Gasteiger partial charge on any atom is 0.438 e. The van der Waals surface area contributed by atoms with Crippen molar-refractivity contribution in [3.63, 3.8) is 0 Å². The first-order valence-electron chi connectivity index (χ1n) is 8.04. The van der Waals surface area contributed by atoms with E-state index >= 15 is 0 Å². The molecule has 0 saturated heterocycles. The number of ether oxygens (including phenoxy) is 2. The zero-order valence-electron chi connectivity index (χ0n) is 15.0. The standard InChI is InChI=1S/C19H18ClN3O4/c1-13-12-16(8-9-17(13)23(26-3)19(24)25-2)27-18-10-11-22(21-18)15-6-4-14(20)5-7-15/h4-12H,1-3H3. The molecule has 0 radical (unpaired) electrons. The Kier molecular flexibility index (Phi) is 5.63. The highest BCUT2D eigenvalue weighted by molar-refractivity contribution is 6.30. The number of hydrogen-bond donors (Lipinski definition) is 0. The van der Waals surface area contributed by atoms with Gasteiger partial charge in [-0.15, -0.1) is 5.10 Å².